The van der Waals surface area contributed by atoms with Crippen LogP contribution in [0.15, 0.2) is 47.4 Å². The van der Waals surface area contributed by atoms with Gasteiger partial charge in [-0.2, -0.15) is 0 Å². The quantitative estimate of drug-likeness (QED) is 0.886. The van der Waals surface area contributed by atoms with Gasteiger partial charge in [-0.15, -0.1) is 0 Å². The van der Waals surface area contributed by atoms with Crippen LogP contribution in [-0.2, 0) is 10.0 Å². The van der Waals surface area contributed by atoms with Gasteiger partial charge < -0.3 is 5.11 Å². The molecule has 21 heavy (non-hydrogen) atoms. The number of benzene rings is 2. The first kappa shape index (κ1) is 16.1. The summed E-state index contributed by atoms with van der Waals surface area (Å²) in [6.45, 7) is 1.70. The van der Waals surface area contributed by atoms with Gasteiger partial charge in [0.2, 0.25) is 10.0 Å². The van der Waals surface area contributed by atoms with E-state index in [2.05, 4.69) is 4.72 Å². The second-order valence-corrected chi connectivity index (χ2v) is 7.01. The molecule has 0 aliphatic heterocycles. The van der Waals surface area contributed by atoms with Crippen molar-refractivity contribution in [3.8, 4) is 5.75 Å². The lowest BCUT2D eigenvalue weighted by Crippen LogP contribution is -2.27. The summed E-state index contributed by atoms with van der Waals surface area (Å²) < 4.78 is 27.2. The molecule has 0 aliphatic carbocycles. The molecule has 0 saturated carbocycles. The summed E-state index contributed by atoms with van der Waals surface area (Å²) in [6.07, 6.45) is 0. The highest BCUT2D eigenvalue weighted by molar-refractivity contribution is 7.89. The predicted octanol–water partition coefficient (Wildman–Crippen LogP) is 3.74. The standard InChI is InChI=1S/C14H13Cl2NO3S/c1-9(10-5-3-2-4-6-10)17-21(19,20)13-8-11(15)7-12(16)14(13)18/h2-9,17-18H,1H3/t9-/m0/s1. The Morgan fingerprint density at radius 3 is 2.38 bits per heavy atom. The topological polar surface area (TPSA) is 66.4 Å². The van der Waals surface area contributed by atoms with Gasteiger partial charge in [-0.1, -0.05) is 53.5 Å². The Hall–Kier alpha value is -1.27. The minimum Gasteiger partial charge on any atom is -0.505 e. The van der Waals surface area contributed by atoms with Crippen molar-refractivity contribution in [1.29, 1.82) is 0 Å². The van der Waals surface area contributed by atoms with E-state index in [1.54, 1.807) is 19.1 Å². The Morgan fingerprint density at radius 2 is 1.76 bits per heavy atom. The molecule has 0 saturated heterocycles. The highest BCUT2D eigenvalue weighted by Crippen LogP contribution is 2.34. The van der Waals surface area contributed by atoms with Gasteiger partial charge in [-0.25, -0.2) is 13.1 Å². The van der Waals surface area contributed by atoms with Gasteiger partial charge in [0.15, 0.2) is 5.75 Å². The van der Waals surface area contributed by atoms with Gasteiger partial charge in [-0.05, 0) is 24.6 Å². The van der Waals surface area contributed by atoms with E-state index in [-0.39, 0.29) is 14.9 Å². The molecule has 0 amide bonds. The number of rotatable bonds is 4. The van der Waals surface area contributed by atoms with Crippen molar-refractivity contribution < 1.29 is 13.5 Å². The van der Waals surface area contributed by atoms with Gasteiger partial charge >= 0.3 is 0 Å². The van der Waals surface area contributed by atoms with Gasteiger partial charge in [0.05, 0.1) is 5.02 Å². The molecule has 112 valence electrons. The lowest BCUT2D eigenvalue weighted by Gasteiger charge is -2.16. The molecule has 0 bridgehead atoms. The van der Waals surface area contributed by atoms with Gasteiger partial charge in [-0.3, -0.25) is 0 Å². The van der Waals surface area contributed by atoms with Crippen LogP contribution < -0.4 is 4.72 Å². The molecule has 0 aliphatic rings. The van der Waals surface area contributed by atoms with E-state index in [0.29, 0.717) is 0 Å². The number of sulfonamides is 1. The average Bonchev–Trinajstić information content (AvgIpc) is 2.43. The second-order valence-electron chi connectivity index (χ2n) is 4.49. The Morgan fingerprint density at radius 1 is 1.14 bits per heavy atom. The van der Waals surface area contributed by atoms with E-state index in [1.165, 1.54) is 6.07 Å². The van der Waals surface area contributed by atoms with Crippen LogP contribution in [0.4, 0.5) is 0 Å². The molecule has 0 unspecified atom stereocenters. The van der Waals surface area contributed by atoms with Crippen molar-refractivity contribution in [2.45, 2.75) is 17.9 Å². The number of halogens is 2. The monoisotopic (exact) mass is 345 g/mol. The zero-order valence-corrected chi connectivity index (χ0v) is 13.4. The van der Waals surface area contributed by atoms with Crippen molar-refractivity contribution in [3.63, 3.8) is 0 Å². The third kappa shape index (κ3) is 3.68. The van der Waals surface area contributed by atoms with Crippen molar-refractivity contribution in [2.75, 3.05) is 0 Å². The van der Waals surface area contributed by atoms with E-state index in [1.807, 2.05) is 18.2 Å². The molecule has 2 rings (SSSR count). The summed E-state index contributed by atoms with van der Waals surface area (Å²) in [5.41, 5.74) is 0.800. The zero-order chi connectivity index (χ0) is 15.6. The van der Waals surface area contributed by atoms with E-state index < -0.39 is 21.8 Å². The first-order valence-corrected chi connectivity index (χ1v) is 8.30. The normalized spacial score (nSPS) is 13.1. The fourth-order valence-corrected chi connectivity index (χ4v) is 3.84. The smallest absolute Gasteiger partial charge is 0.244 e. The molecule has 7 heteroatoms. The average molecular weight is 346 g/mol. The molecular formula is C14H13Cl2NO3S. The summed E-state index contributed by atoms with van der Waals surface area (Å²) in [5.74, 6) is -0.520. The number of nitrogens with one attached hydrogen (secondary N) is 1. The Labute approximate surface area is 133 Å². The molecular weight excluding hydrogens is 333 g/mol. The molecule has 0 aromatic heterocycles. The fraction of sp³-hybridized carbons (Fsp3) is 0.143. The SMILES string of the molecule is C[C@H](NS(=O)(=O)c1cc(Cl)cc(Cl)c1O)c1ccccc1. The van der Waals surface area contributed by atoms with Crippen molar-refractivity contribution in [2.24, 2.45) is 0 Å². The van der Waals surface area contributed by atoms with Gasteiger partial charge in [0.1, 0.15) is 4.90 Å². The minimum absolute atomic E-state index is 0.116. The summed E-state index contributed by atoms with van der Waals surface area (Å²) >= 11 is 11.5. The maximum Gasteiger partial charge on any atom is 0.244 e. The van der Waals surface area contributed by atoms with Crippen LogP contribution in [0.5, 0.6) is 5.75 Å². The van der Waals surface area contributed by atoms with Gasteiger partial charge in [0.25, 0.3) is 0 Å². The van der Waals surface area contributed by atoms with Crippen molar-refractivity contribution in [1.82, 2.24) is 4.72 Å². The summed E-state index contributed by atoms with van der Waals surface area (Å²) in [4.78, 5) is -0.345. The predicted molar refractivity (Wildman–Crippen MR) is 83.3 cm³/mol. The number of phenols is 1. The third-order valence-electron chi connectivity index (χ3n) is 2.91. The fourth-order valence-electron chi connectivity index (χ4n) is 1.85. The Balaban J connectivity index is 2.35. The molecule has 2 aromatic rings. The Kier molecular flexibility index (Phi) is 4.78. The molecule has 2 aromatic carbocycles. The maximum atomic E-state index is 12.4. The maximum absolute atomic E-state index is 12.4. The van der Waals surface area contributed by atoms with Crippen LogP contribution in [0, 0.1) is 0 Å². The van der Waals surface area contributed by atoms with E-state index in [9.17, 15) is 13.5 Å². The summed E-state index contributed by atoms with van der Waals surface area (Å²) in [5, 5.41) is 9.85. The molecule has 4 nitrogen and oxygen atoms in total. The number of hydrogen-bond acceptors (Lipinski definition) is 3. The van der Waals surface area contributed by atoms with Crippen LogP contribution in [0.3, 0.4) is 0 Å². The van der Waals surface area contributed by atoms with Crippen LogP contribution in [0.2, 0.25) is 10.0 Å². The lowest BCUT2D eigenvalue weighted by molar-refractivity contribution is 0.457. The molecule has 2 N–H and O–H groups in total. The summed E-state index contributed by atoms with van der Waals surface area (Å²) in [6, 6.07) is 11.0. The first-order valence-electron chi connectivity index (χ1n) is 6.06. The molecule has 0 spiro atoms. The second kappa shape index (κ2) is 6.23. The third-order valence-corrected chi connectivity index (χ3v) is 4.97. The molecule has 0 radical (unpaired) electrons. The van der Waals surface area contributed by atoms with Crippen molar-refractivity contribution >= 4 is 33.2 Å². The Bertz CT molecular complexity index is 748. The first-order chi connectivity index (χ1) is 9.81. The van der Waals surface area contributed by atoms with E-state index in [0.717, 1.165) is 11.6 Å². The highest BCUT2D eigenvalue weighted by Gasteiger charge is 2.24. The molecule has 0 heterocycles. The van der Waals surface area contributed by atoms with E-state index in [4.69, 9.17) is 23.2 Å². The summed E-state index contributed by atoms with van der Waals surface area (Å²) in [7, 11) is -3.95. The van der Waals surface area contributed by atoms with Crippen molar-refractivity contribution in [3.05, 3.63) is 58.1 Å². The number of hydrogen-bond donors (Lipinski definition) is 2. The zero-order valence-electron chi connectivity index (χ0n) is 11.0. The van der Waals surface area contributed by atoms with Crippen LogP contribution in [0.25, 0.3) is 0 Å². The number of aromatic hydroxyl groups is 1. The van der Waals surface area contributed by atoms with Crippen LogP contribution >= 0.6 is 23.2 Å². The number of phenolic OH excluding ortho intramolecular Hbond substituents is 1. The van der Waals surface area contributed by atoms with Crippen LogP contribution in [0.1, 0.15) is 18.5 Å². The van der Waals surface area contributed by atoms with E-state index >= 15 is 0 Å². The largest absolute Gasteiger partial charge is 0.505 e. The molecule has 1 atom stereocenters. The van der Waals surface area contributed by atoms with Crippen LogP contribution in [-0.4, -0.2) is 13.5 Å². The highest BCUT2D eigenvalue weighted by atomic mass is 35.5. The molecule has 0 fully saturated rings. The van der Waals surface area contributed by atoms with Gasteiger partial charge in [0, 0.05) is 11.1 Å². The lowest BCUT2D eigenvalue weighted by atomic mass is 10.1. The minimum atomic E-state index is -3.95.